The van der Waals surface area contributed by atoms with Gasteiger partial charge in [0.05, 0.1) is 36.9 Å². The van der Waals surface area contributed by atoms with Crippen LogP contribution < -0.4 is 9.64 Å². The molecule has 214 valence electrons. The topological polar surface area (TPSA) is 94.8 Å². The number of rotatable bonds is 7. The van der Waals surface area contributed by atoms with Crippen molar-refractivity contribution in [3.05, 3.63) is 36.2 Å². The molecule has 2 aromatic heterocycles. The highest BCUT2D eigenvalue weighted by atomic mass is 19.3. The normalized spacial score (nSPS) is 23.8. The minimum atomic E-state index is -2.80. The number of methoxy groups -OCH3 is 1. The molecule has 0 unspecified atom stereocenters. The molecule has 1 aliphatic carbocycles. The Morgan fingerprint density at radius 2 is 1.77 bits per heavy atom. The number of halogens is 2. The lowest BCUT2D eigenvalue weighted by Crippen LogP contribution is -2.38. The Bertz CT molecular complexity index is 1340. The van der Waals surface area contributed by atoms with Crippen molar-refractivity contribution in [2.45, 2.75) is 50.7 Å². The summed E-state index contributed by atoms with van der Waals surface area (Å²) in [6, 6.07) is 8.57. The zero-order valence-corrected chi connectivity index (χ0v) is 22.5. The van der Waals surface area contributed by atoms with Gasteiger partial charge in [-0.1, -0.05) is 12.1 Å². The van der Waals surface area contributed by atoms with E-state index in [2.05, 4.69) is 15.0 Å². The molecule has 2 saturated heterocycles. The van der Waals surface area contributed by atoms with E-state index in [1.807, 2.05) is 9.80 Å². The first-order valence-corrected chi connectivity index (χ1v) is 14.0. The first-order valence-electron chi connectivity index (χ1n) is 14.0. The van der Waals surface area contributed by atoms with E-state index in [4.69, 9.17) is 14.2 Å². The van der Waals surface area contributed by atoms with Gasteiger partial charge in [0, 0.05) is 45.1 Å². The van der Waals surface area contributed by atoms with Crippen LogP contribution in [0.1, 0.15) is 44.4 Å². The molecule has 2 aliphatic heterocycles. The van der Waals surface area contributed by atoms with Crippen LogP contribution in [0.2, 0.25) is 0 Å². The number of hydrogen-bond acceptors (Lipinski definition) is 8. The Labute approximate surface area is 231 Å². The van der Waals surface area contributed by atoms with E-state index in [1.54, 1.807) is 37.4 Å². The summed E-state index contributed by atoms with van der Waals surface area (Å²) in [5.41, 5.74) is 0.979. The lowest BCUT2D eigenvalue weighted by Gasteiger charge is -2.29. The predicted molar refractivity (Wildman–Crippen MR) is 143 cm³/mol. The Hall–Kier alpha value is -3.38. The van der Waals surface area contributed by atoms with Crippen LogP contribution in [-0.4, -0.2) is 89.0 Å². The maximum Gasteiger partial charge on any atom is 0.296 e. The van der Waals surface area contributed by atoms with Gasteiger partial charge in [-0.15, -0.1) is 0 Å². The van der Waals surface area contributed by atoms with Crippen LogP contribution in [0, 0.1) is 5.92 Å². The fourth-order valence-corrected chi connectivity index (χ4v) is 5.91. The zero-order valence-electron chi connectivity index (χ0n) is 22.5. The number of aromatic nitrogens is 4. The lowest BCUT2D eigenvalue weighted by molar-refractivity contribution is -0.136. The number of alkyl halides is 2. The molecule has 6 rings (SSSR count). The molecular formula is C28H34F2N6O4. The first kappa shape index (κ1) is 26.8. The van der Waals surface area contributed by atoms with Gasteiger partial charge in [-0.3, -0.25) is 9.36 Å². The van der Waals surface area contributed by atoms with Gasteiger partial charge in [-0.2, -0.15) is 9.97 Å². The largest absolute Gasteiger partial charge is 0.472 e. The van der Waals surface area contributed by atoms with Gasteiger partial charge < -0.3 is 24.0 Å². The molecule has 10 nitrogen and oxygen atoms in total. The van der Waals surface area contributed by atoms with E-state index in [0.29, 0.717) is 62.8 Å². The average Bonchev–Trinajstić information content (AvgIpc) is 3.62. The van der Waals surface area contributed by atoms with Gasteiger partial charge in [0.2, 0.25) is 17.7 Å². The summed E-state index contributed by atoms with van der Waals surface area (Å²) in [7, 11) is 1.72. The summed E-state index contributed by atoms with van der Waals surface area (Å²) in [6.07, 6.45) is 1.33. The summed E-state index contributed by atoms with van der Waals surface area (Å²) < 4.78 is 46.9. The average molecular weight is 557 g/mol. The highest BCUT2D eigenvalue weighted by Gasteiger charge is 2.34. The molecule has 0 spiro atoms. The summed E-state index contributed by atoms with van der Waals surface area (Å²) in [5.74, 6) is 0.727. The smallest absolute Gasteiger partial charge is 0.296 e. The third kappa shape index (κ3) is 5.46. The van der Waals surface area contributed by atoms with Crippen molar-refractivity contribution in [1.29, 1.82) is 0 Å². The maximum atomic E-state index is 14.1. The molecule has 3 fully saturated rings. The van der Waals surface area contributed by atoms with Gasteiger partial charge in [-0.05, 0) is 37.8 Å². The first-order chi connectivity index (χ1) is 19.5. The van der Waals surface area contributed by atoms with Crippen molar-refractivity contribution in [3.8, 4) is 11.7 Å². The van der Waals surface area contributed by atoms with E-state index >= 15 is 0 Å². The molecule has 40 heavy (non-hydrogen) atoms. The zero-order chi connectivity index (χ0) is 27.6. The number of hydrogen-bond donors (Lipinski definition) is 0. The number of benzene rings is 1. The van der Waals surface area contributed by atoms with Gasteiger partial charge in [0.25, 0.3) is 6.43 Å². The number of morpholine rings is 1. The Balaban J connectivity index is 1.26. The van der Waals surface area contributed by atoms with Crippen LogP contribution in [0.15, 0.2) is 30.3 Å². The molecule has 12 heteroatoms. The van der Waals surface area contributed by atoms with Gasteiger partial charge in [0.1, 0.15) is 11.9 Å². The van der Waals surface area contributed by atoms with Crippen molar-refractivity contribution in [1.82, 2.24) is 24.4 Å². The van der Waals surface area contributed by atoms with Crippen molar-refractivity contribution in [2.24, 2.45) is 5.92 Å². The van der Waals surface area contributed by atoms with E-state index in [-0.39, 0.29) is 41.6 Å². The van der Waals surface area contributed by atoms with Gasteiger partial charge >= 0.3 is 0 Å². The number of nitrogens with zero attached hydrogens (tertiary/aromatic N) is 6. The molecule has 4 heterocycles. The molecular weight excluding hydrogens is 522 g/mol. The standard InChI is InChI=1S/C28H34F2N6O4/c1-38-19-8-6-18(7-9-19)27(37)35-11-10-20(17-35)40-24-16-23(32-28(33-24)34-12-14-39-15-13-34)36-22-5-3-2-4-21(22)31-26(36)25(29)30/h2-5,16,18-20,25H,6-15,17H2,1H3/t18?,19?,20-/m0/s1. The molecule has 1 atom stereocenters. The number of likely N-dealkylation sites (tertiary alicyclic amines) is 1. The summed E-state index contributed by atoms with van der Waals surface area (Å²) in [6.45, 7) is 3.27. The number of imidazole rings is 1. The van der Waals surface area contributed by atoms with E-state index in [1.165, 1.54) is 4.57 Å². The van der Waals surface area contributed by atoms with Crippen LogP contribution >= 0.6 is 0 Å². The minimum absolute atomic E-state index is 0.0195. The molecule has 0 N–H and O–H groups in total. The SMILES string of the molecule is COC1CCC(C(=O)N2CC[C@H](Oc3cc(-n4c(C(F)F)nc5ccccc54)nc(N4CCOCC4)n3)C2)CC1. The van der Waals surface area contributed by atoms with Crippen LogP contribution in [0.25, 0.3) is 16.9 Å². The Morgan fingerprint density at radius 3 is 2.52 bits per heavy atom. The number of amides is 1. The molecule has 1 amide bonds. The maximum absolute atomic E-state index is 14.1. The number of carbonyl (C=O) groups is 1. The quantitative estimate of drug-likeness (QED) is 0.434. The van der Waals surface area contributed by atoms with Crippen molar-refractivity contribution < 1.29 is 27.8 Å². The van der Waals surface area contributed by atoms with E-state index in [9.17, 15) is 13.6 Å². The minimum Gasteiger partial charge on any atom is -0.472 e. The molecule has 3 aliphatic rings. The van der Waals surface area contributed by atoms with E-state index < -0.39 is 6.43 Å². The Morgan fingerprint density at radius 1 is 1.00 bits per heavy atom. The van der Waals surface area contributed by atoms with Crippen LogP contribution in [-0.2, 0) is 14.3 Å². The number of para-hydroxylation sites is 2. The van der Waals surface area contributed by atoms with Crippen LogP contribution in [0.5, 0.6) is 5.88 Å². The summed E-state index contributed by atoms with van der Waals surface area (Å²) in [4.78, 5) is 30.5. The number of anilines is 1. The fraction of sp³-hybridized carbons (Fsp3) is 0.571. The number of carbonyl (C=O) groups excluding carboxylic acids is 1. The number of ether oxygens (including phenoxy) is 3. The fourth-order valence-electron chi connectivity index (χ4n) is 5.91. The highest BCUT2D eigenvalue weighted by molar-refractivity contribution is 5.79. The molecule has 0 bridgehead atoms. The third-order valence-electron chi connectivity index (χ3n) is 8.08. The second-order valence-corrected chi connectivity index (χ2v) is 10.6. The molecule has 3 aromatic rings. The molecule has 1 aromatic carbocycles. The van der Waals surface area contributed by atoms with Crippen LogP contribution in [0.3, 0.4) is 0 Å². The van der Waals surface area contributed by atoms with E-state index in [0.717, 1.165) is 25.7 Å². The summed E-state index contributed by atoms with van der Waals surface area (Å²) in [5, 5.41) is 0. The third-order valence-corrected chi connectivity index (χ3v) is 8.08. The van der Waals surface area contributed by atoms with Crippen molar-refractivity contribution in [3.63, 3.8) is 0 Å². The predicted octanol–water partition coefficient (Wildman–Crippen LogP) is 3.77. The van der Waals surface area contributed by atoms with Gasteiger partial charge in [0.15, 0.2) is 5.82 Å². The summed E-state index contributed by atoms with van der Waals surface area (Å²) >= 11 is 0. The Kier molecular flexibility index (Phi) is 7.79. The number of fused-ring (bicyclic) bond motifs is 1. The second-order valence-electron chi connectivity index (χ2n) is 10.6. The highest BCUT2D eigenvalue weighted by Crippen LogP contribution is 2.32. The lowest BCUT2D eigenvalue weighted by atomic mass is 9.86. The van der Waals surface area contributed by atoms with Crippen LogP contribution in [0.4, 0.5) is 14.7 Å². The van der Waals surface area contributed by atoms with Gasteiger partial charge in [-0.25, -0.2) is 13.8 Å². The molecule has 1 saturated carbocycles. The molecule has 0 radical (unpaired) electrons. The van der Waals surface area contributed by atoms with Crippen molar-refractivity contribution in [2.75, 3.05) is 51.4 Å². The monoisotopic (exact) mass is 556 g/mol. The second kappa shape index (κ2) is 11.6. The van der Waals surface area contributed by atoms with Crippen molar-refractivity contribution >= 4 is 22.9 Å².